The Bertz CT molecular complexity index is 523. The molecule has 0 radical (unpaired) electrons. The first-order chi connectivity index (χ1) is 10.7. The molecule has 1 fully saturated rings. The third-order valence-corrected chi connectivity index (χ3v) is 3.80. The fourth-order valence-corrected chi connectivity index (χ4v) is 2.48. The summed E-state index contributed by atoms with van der Waals surface area (Å²) in [6.07, 6.45) is 3.59. The lowest BCUT2D eigenvalue weighted by Crippen LogP contribution is -2.33. The van der Waals surface area contributed by atoms with Crippen LogP contribution in [0.1, 0.15) is 47.5 Å². The minimum absolute atomic E-state index is 0.0828. The van der Waals surface area contributed by atoms with Crippen LogP contribution in [0.3, 0.4) is 0 Å². The topological polar surface area (TPSA) is 71.5 Å². The molecule has 2 amide bonds. The number of hydrogen-bond acceptors (Lipinski definition) is 4. The minimum Gasteiger partial charge on any atom is -0.376 e. The highest BCUT2D eigenvalue weighted by atomic mass is 16.5. The van der Waals surface area contributed by atoms with E-state index in [0.29, 0.717) is 25.2 Å². The van der Waals surface area contributed by atoms with Gasteiger partial charge in [-0.1, -0.05) is 0 Å². The Kier molecular flexibility index (Phi) is 5.89. The van der Waals surface area contributed by atoms with Crippen LogP contribution in [0.4, 0.5) is 0 Å². The van der Waals surface area contributed by atoms with Crippen LogP contribution in [-0.2, 0) is 4.74 Å². The summed E-state index contributed by atoms with van der Waals surface area (Å²) >= 11 is 0. The zero-order valence-corrected chi connectivity index (χ0v) is 13.2. The number of nitrogens with zero attached hydrogens (tertiary/aromatic N) is 2. The Morgan fingerprint density at radius 2 is 2.18 bits per heavy atom. The molecular weight excluding hydrogens is 282 g/mol. The highest BCUT2D eigenvalue weighted by Gasteiger charge is 2.18. The highest BCUT2D eigenvalue weighted by Crippen LogP contribution is 2.11. The number of carbonyl (C=O) groups excluding carboxylic acids is 2. The Balaban J connectivity index is 2.00. The average Bonchev–Trinajstić information content (AvgIpc) is 3.07. The van der Waals surface area contributed by atoms with Crippen molar-refractivity contribution >= 4 is 11.8 Å². The monoisotopic (exact) mass is 305 g/mol. The van der Waals surface area contributed by atoms with E-state index in [-0.39, 0.29) is 23.6 Å². The van der Waals surface area contributed by atoms with Gasteiger partial charge in [0.1, 0.15) is 5.69 Å². The van der Waals surface area contributed by atoms with Gasteiger partial charge < -0.3 is 15.0 Å². The summed E-state index contributed by atoms with van der Waals surface area (Å²) in [5.41, 5.74) is 0.747. The second-order valence-electron chi connectivity index (χ2n) is 5.25. The molecule has 1 aliphatic rings. The van der Waals surface area contributed by atoms with E-state index in [9.17, 15) is 9.59 Å². The van der Waals surface area contributed by atoms with Crippen molar-refractivity contribution in [2.75, 3.05) is 26.2 Å². The molecule has 1 aliphatic heterocycles. The van der Waals surface area contributed by atoms with Gasteiger partial charge >= 0.3 is 0 Å². The number of aromatic nitrogens is 1. The number of hydrogen-bond donors (Lipinski definition) is 1. The Morgan fingerprint density at radius 1 is 1.41 bits per heavy atom. The second kappa shape index (κ2) is 7.89. The summed E-state index contributed by atoms with van der Waals surface area (Å²) in [6, 6.07) is 3.18. The first-order valence-electron chi connectivity index (χ1n) is 7.80. The maximum Gasteiger partial charge on any atom is 0.269 e. The molecule has 6 nitrogen and oxygen atoms in total. The maximum absolute atomic E-state index is 12.3. The summed E-state index contributed by atoms with van der Waals surface area (Å²) in [6.45, 7) is 6.37. The molecule has 6 heteroatoms. The molecule has 1 N–H and O–H groups in total. The molecule has 0 bridgehead atoms. The smallest absolute Gasteiger partial charge is 0.269 e. The van der Waals surface area contributed by atoms with Crippen molar-refractivity contribution in [3.63, 3.8) is 0 Å². The lowest BCUT2D eigenvalue weighted by atomic mass is 10.2. The molecule has 2 heterocycles. The lowest BCUT2D eigenvalue weighted by Gasteiger charge is -2.18. The van der Waals surface area contributed by atoms with E-state index < -0.39 is 0 Å². The van der Waals surface area contributed by atoms with Gasteiger partial charge in [0.05, 0.1) is 6.10 Å². The summed E-state index contributed by atoms with van der Waals surface area (Å²) in [4.78, 5) is 30.2. The van der Waals surface area contributed by atoms with Gasteiger partial charge in [-0.3, -0.25) is 14.6 Å². The molecule has 1 atom stereocenters. The number of rotatable bonds is 6. The summed E-state index contributed by atoms with van der Waals surface area (Å²) in [5.74, 6) is -0.356. The van der Waals surface area contributed by atoms with Gasteiger partial charge in [0, 0.05) is 38.0 Å². The normalized spacial score (nSPS) is 17.3. The summed E-state index contributed by atoms with van der Waals surface area (Å²) in [5, 5.41) is 2.81. The van der Waals surface area contributed by atoms with Crippen LogP contribution in [0.5, 0.6) is 0 Å². The molecular formula is C16H23N3O3. The van der Waals surface area contributed by atoms with Crippen molar-refractivity contribution in [2.45, 2.75) is 32.8 Å². The van der Waals surface area contributed by atoms with E-state index in [0.717, 1.165) is 19.4 Å². The van der Waals surface area contributed by atoms with E-state index in [1.807, 2.05) is 13.8 Å². The van der Waals surface area contributed by atoms with Gasteiger partial charge in [-0.25, -0.2) is 0 Å². The van der Waals surface area contributed by atoms with Crippen LogP contribution in [0.2, 0.25) is 0 Å². The molecule has 1 unspecified atom stereocenters. The molecule has 22 heavy (non-hydrogen) atoms. The SMILES string of the molecule is CCN(CC)C(=O)c1ccnc(C(=O)NCC2CCCO2)c1. The van der Waals surface area contributed by atoms with Gasteiger partial charge in [0.15, 0.2) is 0 Å². The molecule has 0 aliphatic carbocycles. The predicted octanol–water partition coefficient (Wildman–Crippen LogP) is 1.47. The van der Waals surface area contributed by atoms with Gasteiger partial charge in [0.25, 0.3) is 11.8 Å². The largest absolute Gasteiger partial charge is 0.376 e. The van der Waals surface area contributed by atoms with Crippen molar-refractivity contribution in [1.29, 1.82) is 0 Å². The fraction of sp³-hybridized carbons (Fsp3) is 0.562. The van der Waals surface area contributed by atoms with Crippen molar-refractivity contribution in [3.05, 3.63) is 29.6 Å². The van der Waals surface area contributed by atoms with E-state index in [4.69, 9.17) is 4.74 Å². The van der Waals surface area contributed by atoms with Crippen LogP contribution in [-0.4, -0.2) is 54.0 Å². The molecule has 2 rings (SSSR count). The van der Waals surface area contributed by atoms with Crippen LogP contribution in [0, 0.1) is 0 Å². The lowest BCUT2D eigenvalue weighted by molar-refractivity contribution is 0.0772. The molecule has 1 aromatic heterocycles. The molecule has 120 valence electrons. The van der Waals surface area contributed by atoms with Gasteiger partial charge in [-0.2, -0.15) is 0 Å². The predicted molar refractivity (Wildman–Crippen MR) is 82.8 cm³/mol. The minimum atomic E-state index is -0.273. The van der Waals surface area contributed by atoms with Crippen molar-refractivity contribution in [3.8, 4) is 0 Å². The zero-order chi connectivity index (χ0) is 15.9. The number of pyridine rings is 1. The number of ether oxygens (including phenoxy) is 1. The van der Waals surface area contributed by atoms with Gasteiger partial charge in [-0.05, 0) is 38.8 Å². The van der Waals surface area contributed by atoms with Crippen molar-refractivity contribution in [1.82, 2.24) is 15.2 Å². The van der Waals surface area contributed by atoms with Crippen molar-refractivity contribution in [2.24, 2.45) is 0 Å². The molecule has 1 aromatic rings. The standard InChI is InChI=1S/C16H23N3O3/c1-3-19(4-2)16(21)12-7-8-17-14(10-12)15(20)18-11-13-6-5-9-22-13/h7-8,10,13H,3-6,9,11H2,1-2H3,(H,18,20). The van der Waals surface area contributed by atoms with Crippen LogP contribution >= 0.6 is 0 Å². The molecule has 0 spiro atoms. The number of amides is 2. The summed E-state index contributed by atoms with van der Waals surface area (Å²) < 4.78 is 5.47. The first-order valence-corrected chi connectivity index (χ1v) is 7.80. The van der Waals surface area contributed by atoms with Crippen LogP contribution < -0.4 is 5.32 Å². The van der Waals surface area contributed by atoms with Gasteiger partial charge in [-0.15, -0.1) is 0 Å². The highest BCUT2D eigenvalue weighted by molar-refractivity contribution is 5.98. The van der Waals surface area contributed by atoms with Crippen LogP contribution in [0.15, 0.2) is 18.3 Å². The first kappa shape index (κ1) is 16.4. The molecule has 1 saturated heterocycles. The quantitative estimate of drug-likeness (QED) is 0.864. The van der Waals surface area contributed by atoms with Crippen LogP contribution in [0.25, 0.3) is 0 Å². The Labute approximate surface area is 130 Å². The summed E-state index contributed by atoms with van der Waals surface area (Å²) in [7, 11) is 0. The Morgan fingerprint density at radius 3 is 2.82 bits per heavy atom. The molecule has 0 saturated carbocycles. The van der Waals surface area contributed by atoms with E-state index in [1.165, 1.54) is 6.20 Å². The number of nitrogens with one attached hydrogen (secondary N) is 1. The molecule has 0 aromatic carbocycles. The Hall–Kier alpha value is -1.95. The van der Waals surface area contributed by atoms with E-state index in [2.05, 4.69) is 10.3 Å². The zero-order valence-electron chi connectivity index (χ0n) is 13.2. The van der Waals surface area contributed by atoms with Gasteiger partial charge in [0.2, 0.25) is 0 Å². The number of carbonyl (C=O) groups is 2. The average molecular weight is 305 g/mol. The van der Waals surface area contributed by atoms with Crippen molar-refractivity contribution < 1.29 is 14.3 Å². The second-order valence-corrected chi connectivity index (χ2v) is 5.25. The van der Waals surface area contributed by atoms with E-state index >= 15 is 0 Å². The van der Waals surface area contributed by atoms with E-state index in [1.54, 1.807) is 17.0 Å². The third-order valence-electron chi connectivity index (χ3n) is 3.80. The fourth-order valence-electron chi connectivity index (χ4n) is 2.48. The third kappa shape index (κ3) is 4.04. The maximum atomic E-state index is 12.3.